The molecule has 1 aliphatic rings. The molecule has 1 heterocycles. The molecule has 0 bridgehead atoms. The summed E-state index contributed by atoms with van der Waals surface area (Å²) in [5.74, 6) is 0. The van der Waals surface area contributed by atoms with Gasteiger partial charge in [-0.2, -0.15) is 5.26 Å². The number of piperazine rings is 1. The lowest BCUT2D eigenvalue weighted by molar-refractivity contribution is 0.0644. The highest BCUT2D eigenvalue weighted by Gasteiger charge is 2.35. The third kappa shape index (κ3) is 5.63. The van der Waals surface area contributed by atoms with Crippen LogP contribution in [-0.4, -0.2) is 37.7 Å². The molecular weight excluding hydrogens is 477 g/mol. The number of benzene rings is 3. The molecule has 33 heavy (non-hydrogen) atoms. The monoisotopic (exact) mass is 499 g/mol. The van der Waals surface area contributed by atoms with Gasteiger partial charge < -0.3 is 9.64 Å². The van der Waals surface area contributed by atoms with E-state index in [2.05, 4.69) is 15.9 Å². The predicted molar refractivity (Wildman–Crippen MR) is 135 cm³/mol. The molecule has 3 aromatic rings. The van der Waals surface area contributed by atoms with Crippen LogP contribution in [0.15, 0.2) is 66.7 Å². The lowest BCUT2D eigenvalue weighted by Crippen LogP contribution is -2.56. The Morgan fingerprint density at radius 1 is 0.939 bits per heavy atom. The zero-order valence-electron chi connectivity index (χ0n) is 18.2. The lowest BCUT2D eigenvalue weighted by atomic mass is 9.97. The molecule has 7 heteroatoms. The van der Waals surface area contributed by atoms with E-state index < -0.39 is 0 Å². The number of halogens is 3. The van der Waals surface area contributed by atoms with Crippen molar-refractivity contribution in [2.24, 2.45) is 0 Å². The Morgan fingerprint density at radius 3 is 2.27 bits per heavy atom. The fourth-order valence-corrected chi connectivity index (χ4v) is 5.02. The third-order valence-corrected chi connectivity index (χ3v) is 6.83. The maximum atomic E-state index is 9.11. The van der Waals surface area contributed by atoms with E-state index >= 15 is 0 Å². The van der Waals surface area contributed by atoms with Gasteiger partial charge in [0.05, 0.1) is 30.3 Å². The van der Waals surface area contributed by atoms with Crippen LogP contribution in [0.25, 0.3) is 0 Å². The number of hydrogen-bond acceptors (Lipinski definition) is 4. The third-order valence-electron chi connectivity index (χ3n) is 6.02. The number of hydrogen-bond donors (Lipinski definition) is 0. The summed E-state index contributed by atoms with van der Waals surface area (Å²) >= 11 is 19.0. The fourth-order valence-electron chi connectivity index (χ4n) is 4.36. The molecule has 3 aromatic carbocycles. The summed E-state index contributed by atoms with van der Waals surface area (Å²) in [4.78, 5) is 4.79. The van der Waals surface area contributed by atoms with Crippen molar-refractivity contribution in [1.82, 2.24) is 4.90 Å². The van der Waals surface area contributed by atoms with Crippen molar-refractivity contribution in [2.45, 2.75) is 18.6 Å². The molecule has 170 valence electrons. The van der Waals surface area contributed by atoms with Crippen molar-refractivity contribution in [3.63, 3.8) is 0 Å². The Kier molecular flexibility index (Phi) is 7.80. The number of anilines is 1. The maximum absolute atomic E-state index is 9.11. The molecule has 0 saturated carbocycles. The SMILES string of the molecule is COC[C@H]1CN(c2ccc(Cl)cc2)[C@H](c2ccc(Cl)cc2Cl)CN1Cc1ccc(C#N)cc1. The van der Waals surface area contributed by atoms with E-state index in [1.54, 1.807) is 13.2 Å². The van der Waals surface area contributed by atoms with E-state index in [4.69, 9.17) is 44.8 Å². The molecule has 1 aliphatic heterocycles. The summed E-state index contributed by atoms with van der Waals surface area (Å²) in [5, 5.41) is 11.1. The molecule has 1 saturated heterocycles. The van der Waals surface area contributed by atoms with Crippen LogP contribution < -0.4 is 4.90 Å². The largest absolute Gasteiger partial charge is 0.383 e. The summed E-state index contributed by atoms with van der Waals surface area (Å²) in [6.07, 6.45) is 0. The van der Waals surface area contributed by atoms with Crippen LogP contribution in [0.3, 0.4) is 0 Å². The van der Waals surface area contributed by atoms with Gasteiger partial charge in [-0.25, -0.2) is 0 Å². The van der Waals surface area contributed by atoms with Crippen LogP contribution in [0.1, 0.15) is 22.7 Å². The summed E-state index contributed by atoms with van der Waals surface area (Å²) in [6, 6.07) is 23.7. The molecule has 0 spiro atoms. The first-order valence-corrected chi connectivity index (χ1v) is 11.8. The van der Waals surface area contributed by atoms with Crippen molar-refractivity contribution in [2.75, 3.05) is 31.7 Å². The highest BCUT2D eigenvalue weighted by Crippen LogP contribution is 2.37. The van der Waals surface area contributed by atoms with Crippen molar-refractivity contribution in [3.05, 3.63) is 98.5 Å². The van der Waals surface area contributed by atoms with Crippen LogP contribution in [0, 0.1) is 11.3 Å². The summed E-state index contributed by atoms with van der Waals surface area (Å²) in [5.41, 5.74) is 3.91. The number of methoxy groups -OCH3 is 1. The lowest BCUT2D eigenvalue weighted by Gasteiger charge is -2.48. The number of ether oxygens (including phenoxy) is 1. The minimum atomic E-state index is 0.0161. The Balaban J connectivity index is 1.70. The van der Waals surface area contributed by atoms with Gasteiger partial charge in [0, 0.05) is 47.5 Å². The topological polar surface area (TPSA) is 39.5 Å². The van der Waals surface area contributed by atoms with Gasteiger partial charge in [0.2, 0.25) is 0 Å². The van der Waals surface area contributed by atoms with Crippen molar-refractivity contribution < 1.29 is 4.74 Å². The fraction of sp³-hybridized carbons (Fsp3) is 0.269. The second-order valence-electron chi connectivity index (χ2n) is 8.16. The van der Waals surface area contributed by atoms with Gasteiger partial charge in [-0.1, -0.05) is 53.0 Å². The van der Waals surface area contributed by atoms with Gasteiger partial charge >= 0.3 is 0 Å². The number of rotatable bonds is 6. The standard InChI is InChI=1S/C26H24Cl3N3O/c1-33-17-23-15-32(22-9-6-20(27)7-10-22)26(24-11-8-21(28)12-25(24)29)16-31(23)14-19-4-2-18(13-30)3-5-19/h2-12,23,26H,14-17H2,1H3/t23-,26+/m1/s1. The molecule has 0 N–H and O–H groups in total. The quantitative estimate of drug-likeness (QED) is 0.382. The Labute approximate surface area is 209 Å². The summed E-state index contributed by atoms with van der Waals surface area (Å²) in [6.45, 7) is 2.85. The van der Waals surface area contributed by atoms with Gasteiger partial charge in [-0.05, 0) is 59.7 Å². The molecular formula is C26H24Cl3N3O. The van der Waals surface area contributed by atoms with Gasteiger partial charge in [0.15, 0.2) is 0 Å². The second kappa shape index (κ2) is 10.8. The number of nitrogens with zero attached hydrogens (tertiary/aromatic N) is 3. The average molecular weight is 501 g/mol. The Morgan fingerprint density at radius 2 is 1.64 bits per heavy atom. The van der Waals surface area contributed by atoms with Crippen LogP contribution in [0.4, 0.5) is 5.69 Å². The van der Waals surface area contributed by atoms with Crippen LogP contribution in [-0.2, 0) is 11.3 Å². The first-order valence-electron chi connectivity index (χ1n) is 10.7. The molecule has 2 atom stereocenters. The van der Waals surface area contributed by atoms with E-state index in [0.717, 1.165) is 36.4 Å². The molecule has 0 radical (unpaired) electrons. The highest BCUT2D eigenvalue weighted by molar-refractivity contribution is 6.35. The minimum Gasteiger partial charge on any atom is -0.383 e. The van der Waals surface area contributed by atoms with Crippen LogP contribution in [0.2, 0.25) is 15.1 Å². The van der Waals surface area contributed by atoms with E-state index in [-0.39, 0.29) is 12.1 Å². The summed E-state index contributed by atoms with van der Waals surface area (Å²) in [7, 11) is 1.73. The van der Waals surface area contributed by atoms with Crippen LogP contribution >= 0.6 is 34.8 Å². The first kappa shape index (κ1) is 23.9. The molecule has 0 aliphatic carbocycles. The smallest absolute Gasteiger partial charge is 0.0991 e. The number of nitriles is 1. The minimum absolute atomic E-state index is 0.0161. The summed E-state index contributed by atoms with van der Waals surface area (Å²) < 4.78 is 5.59. The molecule has 0 unspecified atom stereocenters. The molecule has 0 aromatic heterocycles. The molecule has 1 fully saturated rings. The zero-order valence-corrected chi connectivity index (χ0v) is 20.5. The van der Waals surface area contributed by atoms with E-state index in [9.17, 15) is 0 Å². The van der Waals surface area contributed by atoms with E-state index in [0.29, 0.717) is 27.2 Å². The molecule has 4 nitrogen and oxygen atoms in total. The van der Waals surface area contributed by atoms with Gasteiger partial charge in [0.25, 0.3) is 0 Å². The van der Waals surface area contributed by atoms with E-state index in [1.807, 2.05) is 60.7 Å². The van der Waals surface area contributed by atoms with Gasteiger partial charge in [-0.15, -0.1) is 0 Å². The maximum Gasteiger partial charge on any atom is 0.0991 e. The Hall–Kier alpha value is -2.26. The molecule has 0 amide bonds. The second-order valence-corrected chi connectivity index (χ2v) is 9.44. The van der Waals surface area contributed by atoms with Gasteiger partial charge in [-0.3, -0.25) is 4.90 Å². The highest BCUT2D eigenvalue weighted by atomic mass is 35.5. The first-order chi connectivity index (χ1) is 16.0. The van der Waals surface area contributed by atoms with Gasteiger partial charge in [0.1, 0.15) is 0 Å². The van der Waals surface area contributed by atoms with Crippen molar-refractivity contribution in [3.8, 4) is 6.07 Å². The van der Waals surface area contributed by atoms with Crippen molar-refractivity contribution in [1.29, 1.82) is 5.26 Å². The van der Waals surface area contributed by atoms with Crippen LogP contribution in [0.5, 0.6) is 0 Å². The normalized spacial score (nSPS) is 18.8. The Bertz CT molecular complexity index is 1130. The van der Waals surface area contributed by atoms with E-state index in [1.165, 1.54) is 0 Å². The predicted octanol–water partition coefficient (Wildman–Crippen LogP) is 6.60. The zero-order chi connectivity index (χ0) is 23.4. The van der Waals surface area contributed by atoms with Crippen molar-refractivity contribution >= 4 is 40.5 Å². The molecule has 4 rings (SSSR count). The average Bonchev–Trinajstić information content (AvgIpc) is 2.81.